The highest BCUT2D eigenvalue weighted by Crippen LogP contribution is 2.24. The van der Waals surface area contributed by atoms with E-state index in [0.717, 1.165) is 24.0 Å². The Morgan fingerprint density at radius 2 is 2.10 bits per heavy atom. The van der Waals surface area contributed by atoms with Crippen molar-refractivity contribution in [2.75, 3.05) is 18.5 Å². The summed E-state index contributed by atoms with van der Waals surface area (Å²) in [6.45, 7) is 6.29. The molecule has 0 atom stereocenters. The molecule has 1 N–H and O–H groups in total. The molecular formula is C17H23BrN2S. The van der Waals surface area contributed by atoms with Crippen LogP contribution in [0.1, 0.15) is 24.3 Å². The smallest absolute Gasteiger partial charge is 0.0410 e. The van der Waals surface area contributed by atoms with Gasteiger partial charge in [0.1, 0.15) is 0 Å². The number of benzene rings is 1. The Hall–Kier alpha value is -0.840. The Balaban J connectivity index is 2.05. The number of nitrogens with zero attached hydrogens (tertiary/aromatic N) is 1. The summed E-state index contributed by atoms with van der Waals surface area (Å²) >= 11 is 5.41. The maximum Gasteiger partial charge on any atom is 0.0410 e. The Morgan fingerprint density at radius 3 is 2.76 bits per heavy atom. The fraction of sp³-hybridized carbons (Fsp3) is 0.412. The van der Waals surface area contributed by atoms with Crippen molar-refractivity contribution < 1.29 is 0 Å². The molecule has 2 rings (SSSR count). The van der Waals surface area contributed by atoms with Crippen molar-refractivity contribution in [1.29, 1.82) is 0 Å². The van der Waals surface area contributed by atoms with Crippen LogP contribution in [0.4, 0.5) is 5.69 Å². The maximum absolute atomic E-state index is 3.58. The number of thiophene rings is 1. The van der Waals surface area contributed by atoms with Crippen LogP contribution in [0.2, 0.25) is 0 Å². The quantitative estimate of drug-likeness (QED) is 0.764. The number of anilines is 1. The first-order valence-electron chi connectivity index (χ1n) is 7.31. The van der Waals surface area contributed by atoms with Crippen molar-refractivity contribution in [2.24, 2.45) is 0 Å². The lowest BCUT2D eigenvalue weighted by Gasteiger charge is -2.23. The summed E-state index contributed by atoms with van der Waals surface area (Å²) in [4.78, 5) is 3.80. The Labute approximate surface area is 140 Å². The van der Waals surface area contributed by atoms with Crippen LogP contribution < -0.4 is 10.2 Å². The molecule has 0 fully saturated rings. The molecule has 0 spiro atoms. The van der Waals surface area contributed by atoms with E-state index < -0.39 is 0 Å². The van der Waals surface area contributed by atoms with E-state index >= 15 is 0 Å². The normalized spacial score (nSPS) is 11.1. The van der Waals surface area contributed by atoms with Crippen molar-refractivity contribution in [2.45, 2.75) is 32.9 Å². The molecule has 21 heavy (non-hydrogen) atoms. The van der Waals surface area contributed by atoms with E-state index in [-0.39, 0.29) is 0 Å². The largest absolute Gasteiger partial charge is 0.374 e. The highest BCUT2D eigenvalue weighted by molar-refractivity contribution is 9.10. The van der Waals surface area contributed by atoms with E-state index in [1.165, 1.54) is 16.1 Å². The van der Waals surface area contributed by atoms with Gasteiger partial charge < -0.3 is 10.2 Å². The zero-order valence-corrected chi connectivity index (χ0v) is 15.3. The first kappa shape index (κ1) is 16.5. The van der Waals surface area contributed by atoms with Crippen molar-refractivity contribution in [3.63, 3.8) is 0 Å². The molecule has 1 aromatic heterocycles. The van der Waals surface area contributed by atoms with Crippen LogP contribution >= 0.6 is 27.3 Å². The molecule has 0 saturated carbocycles. The Morgan fingerprint density at radius 1 is 1.29 bits per heavy atom. The standard InChI is InChI=1S/C17H23BrN2S/c1-13(2)19-12-14-11-15(18)6-7-17(14)20(3)9-8-16-5-4-10-21-16/h4-7,10-11,13,19H,8-9,12H2,1-3H3. The van der Waals surface area contributed by atoms with Gasteiger partial charge in [-0.1, -0.05) is 35.8 Å². The van der Waals surface area contributed by atoms with Crippen LogP contribution in [0.3, 0.4) is 0 Å². The second kappa shape index (κ2) is 7.97. The van der Waals surface area contributed by atoms with Crippen molar-refractivity contribution in [3.05, 3.63) is 50.6 Å². The van der Waals surface area contributed by atoms with Gasteiger partial charge in [-0.3, -0.25) is 0 Å². The third-order valence-electron chi connectivity index (χ3n) is 3.43. The van der Waals surface area contributed by atoms with E-state index in [4.69, 9.17) is 0 Å². The number of halogens is 1. The molecule has 2 aromatic rings. The zero-order valence-electron chi connectivity index (χ0n) is 12.9. The molecule has 0 aliphatic carbocycles. The van der Waals surface area contributed by atoms with Gasteiger partial charge >= 0.3 is 0 Å². The summed E-state index contributed by atoms with van der Waals surface area (Å²) in [5.41, 5.74) is 2.65. The molecule has 114 valence electrons. The van der Waals surface area contributed by atoms with Gasteiger partial charge in [-0.15, -0.1) is 11.3 Å². The van der Waals surface area contributed by atoms with E-state index in [1.54, 1.807) is 0 Å². The molecular weight excluding hydrogens is 344 g/mol. The van der Waals surface area contributed by atoms with Crippen LogP contribution in [0, 0.1) is 0 Å². The number of rotatable bonds is 7. The number of likely N-dealkylation sites (N-methyl/N-ethyl adjacent to an activating group) is 1. The van der Waals surface area contributed by atoms with Crippen LogP contribution in [0.15, 0.2) is 40.2 Å². The average molecular weight is 367 g/mol. The predicted octanol–water partition coefficient (Wildman–Crippen LogP) is 4.69. The molecule has 1 aromatic carbocycles. The fourth-order valence-corrected chi connectivity index (χ4v) is 3.34. The first-order valence-corrected chi connectivity index (χ1v) is 8.99. The number of hydrogen-bond acceptors (Lipinski definition) is 3. The lowest BCUT2D eigenvalue weighted by molar-refractivity contribution is 0.588. The SMILES string of the molecule is CC(C)NCc1cc(Br)ccc1N(C)CCc1cccs1. The summed E-state index contributed by atoms with van der Waals surface area (Å²) < 4.78 is 1.14. The summed E-state index contributed by atoms with van der Waals surface area (Å²) in [7, 11) is 2.18. The third kappa shape index (κ3) is 5.13. The Kier molecular flexibility index (Phi) is 6.27. The molecule has 0 aliphatic rings. The summed E-state index contributed by atoms with van der Waals surface area (Å²) in [6.07, 6.45) is 1.10. The minimum Gasteiger partial charge on any atom is -0.374 e. The Bertz CT molecular complexity index is 552. The summed E-state index contributed by atoms with van der Waals surface area (Å²) in [5.74, 6) is 0. The van der Waals surface area contributed by atoms with Crippen molar-refractivity contribution in [1.82, 2.24) is 5.32 Å². The molecule has 0 aliphatic heterocycles. The number of hydrogen-bond donors (Lipinski definition) is 1. The van der Waals surface area contributed by atoms with Crippen LogP contribution in [-0.4, -0.2) is 19.6 Å². The highest BCUT2D eigenvalue weighted by Gasteiger charge is 2.09. The number of nitrogens with one attached hydrogen (secondary N) is 1. The topological polar surface area (TPSA) is 15.3 Å². The molecule has 0 unspecified atom stereocenters. The van der Waals surface area contributed by atoms with Gasteiger partial charge in [0.15, 0.2) is 0 Å². The van der Waals surface area contributed by atoms with Crippen LogP contribution in [-0.2, 0) is 13.0 Å². The molecule has 4 heteroatoms. The summed E-state index contributed by atoms with van der Waals surface area (Å²) in [5, 5.41) is 5.65. The lowest BCUT2D eigenvalue weighted by Crippen LogP contribution is -2.25. The minimum atomic E-state index is 0.494. The lowest BCUT2D eigenvalue weighted by atomic mass is 10.1. The van der Waals surface area contributed by atoms with Gasteiger partial charge in [-0.05, 0) is 41.6 Å². The van der Waals surface area contributed by atoms with Gasteiger partial charge in [-0.25, -0.2) is 0 Å². The van der Waals surface area contributed by atoms with Crippen LogP contribution in [0.5, 0.6) is 0 Å². The van der Waals surface area contributed by atoms with Gasteiger partial charge in [-0.2, -0.15) is 0 Å². The minimum absolute atomic E-state index is 0.494. The first-order chi connectivity index (χ1) is 10.1. The monoisotopic (exact) mass is 366 g/mol. The molecule has 0 saturated heterocycles. The van der Waals surface area contributed by atoms with Crippen LogP contribution in [0.25, 0.3) is 0 Å². The van der Waals surface area contributed by atoms with Gasteiger partial charge in [0.05, 0.1) is 0 Å². The second-order valence-electron chi connectivity index (χ2n) is 5.56. The molecule has 0 bridgehead atoms. The van der Waals surface area contributed by atoms with Gasteiger partial charge in [0.25, 0.3) is 0 Å². The third-order valence-corrected chi connectivity index (χ3v) is 4.86. The van der Waals surface area contributed by atoms with E-state index in [2.05, 4.69) is 82.8 Å². The van der Waals surface area contributed by atoms with E-state index in [9.17, 15) is 0 Å². The molecule has 0 amide bonds. The molecule has 0 radical (unpaired) electrons. The molecule has 2 nitrogen and oxygen atoms in total. The predicted molar refractivity (Wildman–Crippen MR) is 97.4 cm³/mol. The van der Waals surface area contributed by atoms with E-state index in [0.29, 0.717) is 6.04 Å². The molecule has 1 heterocycles. The van der Waals surface area contributed by atoms with Crippen molar-refractivity contribution >= 4 is 33.0 Å². The summed E-state index contributed by atoms with van der Waals surface area (Å²) in [6, 6.07) is 11.4. The fourth-order valence-electron chi connectivity index (χ4n) is 2.24. The van der Waals surface area contributed by atoms with Gasteiger partial charge in [0.2, 0.25) is 0 Å². The second-order valence-corrected chi connectivity index (χ2v) is 7.51. The average Bonchev–Trinajstić information content (AvgIpc) is 2.96. The highest BCUT2D eigenvalue weighted by atomic mass is 79.9. The zero-order chi connectivity index (χ0) is 15.2. The van der Waals surface area contributed by atoms with Gasteiger partial charge in [0, 0.05) is 41.2 Å². The van der Waals surface area contributed by atoms with Crippen molar-refractivity contribution in [3.8, 4) is 0 Å². The van der Waals surface area contributed by atoms with E-state index in [1.807, 2.05) is 11.3 Å². The maximum atomic E-state index is 3.58.